The number of hydrogen-bond donors (Lipinski definition) is 1. The Hall–Kier alpha value is -0.230. The Kier molecular flexibility index (Phi) is 10.4. The van der Waals surface area contributed by atoms with Gasteiger partial charge in [-0.2, -0.15) is 11.8 Å². The van der Waals surface area contributed by atoms with Crippen LogP contribution in [-0.4, -0.2) is 42.4 Å². The SMILES string of the molecule is CSCC[C@H](N)C(=O)N(C)CCc1ccc(Br)cc1.Cl. The summed E-state index contributed by atoms with van der Waals surface area (Å²) in [7, 11) is 1.82. The number of carbonyl (C=O) groups excluding carboxylic acids is 1. The zero-order chi connectivity index (χ0) is 14.3. The smallest absolute Gasteiger partial charge is 0.239 e. The predicted molar refractivity (Wildman–Crippen MR) is 93.7 cm³/mol. The fourth-order valence-electron chi connectivity index (χ4n) is 1.71. The minimum Gasteiger partial charge on any atom is -0.344 e. The van der Waals surface area contributed by atoms with Crippen LogP contribution in [0.3, 0.4) is 0 Å². The lowest BCUT2D eigenvalue weighted by Gasteiger charge is -2.21. The van der Waals surface area contributed by atoms with Crippen molar-refractivity contribution in [3.05, 3.63) is 34.3 Å². The number of rotatable bonds is 7. The van der Waals surface area contributed by atoms with Crippen LogP contribution in [0.1, 0.15) is 12.0 Å². The third kappa shape index (κ3) is 6.97. The second-order valence-electron chi connectivity index (χ2n) is 4.52. The molecule has 0 bridgehead atoms. The molecule has 0 fully saturated rings. The maximum atomic E-state index is 12.0. The summed E-state index contributed by atoms with van der Waals surface area (Å²) in [6.07, 6.45) is 3.61. The van der Waals surface area contributed by atoms with Gasteiger partial charge in [0, 0.05) is 18.1 Å². The van der Waals surface area contributed by atoms with Gasteiger partial charge in [0.2, 0.25) is 5.91 Å². The first-order valence-corrected chi connectivity index (χ1v) is 8.47. The number of carbonyl (C=O) groups is 1. The monoisotopic (exact) mass is 380 g/mol. The highest BCUT2D eigenvalue weighted by molar-refractivity contribution is 9.10. The molecule has 1 amide bonds. The molecule has 1 rings (SSSR count). The van der Waals surface area contributed by atoms with Gasteiger partial charge >= 0.3 is 0 Å². The van der Waals surface area contributed by atoms with E-state index in [4.69, 9.17) is 5.73 Å². The second kappa shape index (κ2) is 10.5. The number of nitrogens with two attached hydrogens (primary N) is 1. The molecule has 114 valence electrons. The topological polar surface area (TPSA) is 46.3 Å². The maximum Gasteiger partial charge on any atom is 0.239 e. The molecule has 0 aromatic heterocycles. The second-order valence-corrected chi connectivity index (χ2v) is 6.43. The Bertz CT molecular complexity index is 403. The van der Waals surface area contributed by atoms with E-state index >= 15 is 0 Å². The van der Waals surface area contributed by atoms with E-state index in [-0.39, 0.29) is 24.4 Å². The summed E-state index contributed by atoms with van der Waals surface area (Å²) in [5.41, 5.74) is 7.11. The number of hydrogen-bond acceptors (Lipinski definition) is 3. The average molecular weight is 382 g/mol. The molecule has 0 spiro atoms. The highest BCUT2D eigenvalue weighted by atomic mass is 79.9. The maximum absolute atomic E-state index is 12.0. The Labute approximate surface area is 140 Å². The van der Waals surface area contributed by atoms with Gasteiger partial charge in [0.25, 0.3) is 0 Å². The van der Waals surface area contributed by atoms with Gasteiger partial charge in [-0.15, -0.1) is 12.4 Å². The zero-order valence-corrected chi connectivity index (χ0v) is 15.1. The first kappa shape index (κ1) is 19.8. The molecule has 0 radical (unpaired) electrons. The molecule has 1 aromatic rings. The van der Waals surface area contributed by atoms with Crippen LogP contribution in [0, 0.1) is 0 Å². The predicted octanol–water partition coefficient (Wildman–Crippen LogP) is 2.95. The number of likely N-dealkylation sites (N-methyl/N-ethyl adjacent to an activating group) is 1. The fourth-order valence-corrected chi connectivity index (χ4v) is 2.46. The van der Waals surface area contributed by atoms with Gasteiger partial charge in [-0.3, -0.25) is 4.79 Å². The van der Waals surface area contributed by atoms with E-state index in [0.29, 0.717) is 6.54 Å². The molecule has 1 aromatic carbocycles. The van der Waals surface area contributed by atoms with Gasteiger partial charge in [-0.1, -0.05) is 28.1 Å². The van der Waals surface area contributed by atoms with Crippen molar-refractivity contribution >= 4 is 46.0 Å². The average Bonchev–Trinajstić information content (AvgIpc) is 2.42. The molecule has 0 saturated heterocycles. The number of nitrogens with zero attached hydrogens (tertiary/aromatic N) is 1. The Morgan fingerprint density at radius 1 is 1.40 bits per heavy atom. The van der Waals surface area contributed by atoms with Crippen molar-refractivity contribution in [3.63, 3.8) is 0 Å². The molecule has 0 unspecified atom stereocenters. The molecule has 0 aliphatic carbocycles. The van der Waals surface area contributed by atoms with Gasteiger partial charge < -0.3 is 10.6 Å². The summed E-state index contributed by atoms with van der Waals surface area (Å²) in [4.78, 5) is 13.7. The van der Waals surface area contributed by atoms with Crippen LogP contribution in [0.4, 0.5) is 0 Å². The number of thioether (sulfide) groups is 1. The van der Waals surface area contributed by atoms with E-state index in [1.54, 1.807) is 16.7 Å². The third-order valence-corrected chi connectivity index (χ3v) is 4.15. The summed E-state index contributed by atoms with van der Waals surface area (Å²) in [5, 5.41) is 0. The molecule has 3 nitrogen and oxygen atoms in total. The first-order valence-electron chi connectivity index (χ1n) is 6.28. The van der Waals surface area contributed by atoms with E-state index in [0.717, 1.165) is 23.1 Å². The Balaban J connectivity index is 0.00000361. The van der Waals surface area contributed by atoms with Crippen LogP contribution < -0.4 is 5.73 Å². The van der Waals surface area contributed by atoms with Crippen LogP contribution in [-0.2, 0) is 11.2 Å². The molecule has 6 heteroatoms. The molecule has 0 aliphatic heterocycles. The Morgan fingerprint density at radius 2 is 2.00 bits per heavy atom. The van der Waals surface area contributed by atoms with Crippen LogP contribution in [0.15, 0.2) is 28.7 Å². The molecule has 0 aliphatic rings. The van der Waals surface area contributed by atoms with Crippen molar-refractivity contribution in [2.24, 2.45) is 5.73 Å². The lowest BCUT2D eigenvalue weighted by Crippen LogP contribution is -2.42. The minimum atomic E-state index is -0.373. The Morgan fingerprint density at radius 3 is 2.55 bits per heavy atom. The van der Waals surface area contributed by atoms with Gasteiger partial charge in [0.05, 0.1) is 6.04 Å². The molecular weight excluding hydrogens is 360 g/mol. The molecule has 0 heterocycles. The van der Waals surface area contributed by atoms with E-state index < -0.39 is 0 Å². The third-order valence-electron chi connectivity index (χ3n) is 2.98. The fraction of sp³-hybridized carbons (Fsp3) is 0.500. The highest BCUT2D eigenvalue weighted by Gasteiger charge is 2.17. The molecular formula is C14H22BrClN2OS. The standard InChI is InChI=1S/C14H21BrN2OS.ClH/c1-17(14(18)13(16)8-10-19-2)9-7-11-3-5-12(15)6-4-11;/h3-6,13H,7-10,16H2,1-2H3;1H/t13-;/m0./s1. The molecule has 20 heavy (non-hydrogen) atoms. The number of halogens is 2. The normalized spacial score (nSPS) is 11.6. The molecule has 1 atom stereocenters. The number of amides is 1. The largest absolute Gasteiger partial charge is 0.344 e. The number of benzene rings is 1. The van der Waals surface area contributed by atoms with Crippen molar-refractivity contribution < 1.29 is 4.79 Å². The summed E-state index contributed by atoms with van der Waals surface area (Å²) in [6, 6.07) is 7.79. The summed E-state index contributed by atoms with van der Waals surface area (Å²) in [5.74, 6) is 0.958. The first-order chi connectivity index (χ1) is 9.04. The van der Waals surface area contributed by atoms with E-state index in [2.05, 4.69) is 28.1 Å². The van der Waals surface area contributed by atoms with Gasteiger partial charge in [-0.05, 0) is 42.5 Å². The molecule has 2 N–H and O–H groups in total. The van der Waals surface area contributed by atoms with E-state index in [9.17, 15) is 4.79 Å². The van der Waals surface area contributed by atoms with Crippen LogP contribution in [0.5, 0.6) is 0 Å². The lowest BCUT2D eigenvalue weighted by atomic mass is 10.1. The van der Waals surface area contributed by atoms with Crippen molar-refractivity contribution in [3.8, 4) is 0 Å². The van der Waals surface area contributed by atoms with Crippen molar-refractivity contribution in [1.82, 2.24) is 4.90 Å². The van der Waals surface area contributed by atoms with Crippen LogP contribution in [0.25, 0.3) is 0 Å². The van der Waals surface area contributed by atoms with Crippen molar-refractivity contribution in [1.29, 1.82) is 0 Å². The summed E-state index contributed by atoms with van der Waals surface area (Å²) < 4.78 is 1.07. The zero-order valence-electron chi connectivity index (χ0n) is 11.8. The van der Waals surface area contributed by atoms with Crippen LogP contribution in [0.2, 0.25) is 0 Å². The molecule has 0 saturated carbocycles. The summed E-state index contributed by atoms with van der Waals surface area (Å²) in [6.45, 7) is 0.702. The van der Waals surface area contributed by atoms with Gasteiger partial charge in [-0.25, -0.2) is 0 Å². The van der Waals surface area contributed by atoms with Crippen LogP contribution >= 0.6 is 40.1 Å². The quantitative estimate of drug-likeness (QED) is 0.790. The van der Waals surface area contributed by atoms with Gasteiger partial charge in [0.1, 0.15) is 0 Å². The highest BCUT2D eigenvalue weighted by Crippen LogP contribution is 2.11. The van der Waals surface area contributed by atoms with Crippen molar-refractivity contribution in [2.45, 2.75) is 18.9 Å². The van der Waals surface area contributed by atoms with Gasteiger partial charge in [0.15, 0.2) is 0 Å². The van der Waals surface area contributed by atoms with E-state index in [1.165, 1.54) is 5.56 Å². The van der Waals surface area contributed by atoms with E-state index in [1.807, 2.05) is 25.4 Å². The minimum absolute atomic E-state index is 0. The summed E-state index contributed by atoms with van der Waals surface area (Å²) >= 11 is 5.12. The van der Waals surface area contributed by atoms with Crippen molar-refractivity contribution in [2.75, 3.05) is 25.6 Å². The lowest BCUT2D eigenvalue weighted by molar-refractivity contribution is -0.131.